The summed E-state index contributed by atoms with van der Waals surface area (Å²) < 4.78 is 0. The van der Waals surface area contributed by atoms with Crippen LogP contribution >= 0.6 is 26.9 Å². The van der Waals surface area contributed by atoms with E-state index in [9.17, 15) is 0 Å². The maximum absolute atomic E-state index is 7.75. The molecule has 6 heteroatoms. The summed E-state index contributed by atoms with van der Waals surface area (Å²) in [4.78, 5) is 7.75. The number of carbonyl (C=O) groups excluding carboxylic acids is 1. The first kappa shape index (κ1) is 31.3. The Morgan fingerprint density at radius 1 is 0.629 bits per heavy atom. The van der Waals surface area contributed by atoms with Gasteiger partial charge in [-0.1, -0.05) is 97.1 Å². The number of halogens is 1. The molecule has 0 aromatic heterocycles. The molecule has 1 atom stereocenters. The van der Waals surface area contributed by atoms with E-state index < -0.39 is 7.92 Å². The van der Waals surface area contributed by atoms with E-state index in [4.69, 9.17) is 4.79 Å². The molecule has 0 fully saturated rings. The third-order valence-electron chi connectivity index (χ3n) is 5.00. The standard InChI is InChI=1S/C16H21NP2.C12H10.CHO.ClH.Ru.H/c18-13-11-17-12-14-19(15-7-3-1-4-8-15)16-9-5-2-6-10-16;1-3-7-11(8-4-1)12-9-5-2-6-10-12;1-2;;;/h1-10,17H,11-14,18H2;1-10H;1H;1H;;/q;;-1;;+3;. The molecule has 4 aromatic carbocycles. The van der Waals surface area contributed by atoms with Crippen LogP contribution in [0.1, 0.15) is 0 Å². The summed E-state index contributed by atoms with van der Waals surface area (Å²) >= 11 is 1.62. The number of hydrogen-bond donors (Lipinski definition) is 1. The molecule has 0 saturated heterocycles. The summed E-state index contributed by atoms with van der Waals surface area (Å²) in [6.07, 6.45) is 2.36. The Bertz CT molecular complexity index is 919. The molecule has 0 spiro atoms. The molecule has 0 saturated carbocycles. The van der Waals surface area contributed by atoms with Crippen molar-refractivity contribution in [1.82, 2.24) is 5.32 Å². The molecule has 2 nitrogen and oxygen atoms in total. The van der Waals surface area contributed by atoms with Crippen LogP contribution in [0.15, 0.2) is 121 Å². The Hall–Kier alpha value is -1.72. The van der Waals surface area contributed by atoms with Gasteiger partial charge in [0.05, 0.1) is 24.7 Å². The van der Waals surface area contributed by atoms with Crippen LogP contribution in [0.25, 0.3) is 11.1 Å². The zero-order valence-corrected chi connectivity index (χ0v) is 24.5. The summed E-state index contributed by atoms with van der Waals surface area (Å²) in [5.74, 6) is 0. The molecule has 1 unspecified atom stereocenters. The number of rotatable bonds is 8. The minimum absolute atomic E-state index is 0.650. The largest absolute Gasteiger partial charge is 0.0622 e. The van der Waals surface area contributed by atoms with Crippen LogP contribution in [0.3, 0.4) is 0 Å². The van der Waals surface area contributed by atoms with Crippen LogP contribution in [-0.2, 0) is 22.1 Å². The van der Waals surface area contributed by atoms with Gasteiger partial charge in [0.15, 0.2) is 0 Å². The fourth-order valence-electron chi connectivity index (χ4n) is 3.44. The van der Waals surface area contributed by atoms with Crippen LogP contribution in [0.4, 0.5) is 0 Å². The average molecular weight is 611 g/mol. The van der Waals surface area contributed by atoms with Crippen molar-refractivity contribution in [2.75, 3.05) is 25.4 Å². The Labute approximate surface area is 228 Å². The normalized spacial score (nSPS) is 9.49. The van der Waals surface area contributed by atoms with Gasteiger partial charge in [-0.25, -0.2) is 0 Å². The quantitative estimate of drug-likeness (QED) is 0.0897. The van der Waals surface area contributed by atoms with Crippen molar-refractivity contribution in [2.45, 2.75) is 0 Å². The van der Waals surface area contributed by atoms with Gasteiger partial charge < -0.3 is 10.1 Å². The average Bonchev–Trinajstić information content (AvgIpc) is 2.97. The Morgan fingerprint density at radius 3 is 1.31 bits per heavy atom. The predicted octanol–water partition coefficient (Wildman–Crippen LogP) is 5.82. The Kier molecular flexibility index (Phi) is 19.3. The van der Waals surface area contributed by atoms with Gasteiger partial charge >= 0.3 is 27.0 Å². The van der Waals surface area contributed by atoms with Crippen LogP contribution in [-0.4, -0.2) is 32.2 Å². The Morgan fingerprint density at radius 2 is 0.971 bits per heavy atom. The molecule has 1 N–H and O–H groups in total. The number of benzene rings is 4. The molecule has 184 valence electrons. The zero-order valence-electron chi connectivity index (χ0n) is 19.7. The van der Waals surface area contributed by atoms with Gasteiger partial charge in [0.1, 0.15) is 0 Å². The fourth-order valence-corrected chi connectivity index (χ4v) is 6.17. The second-order valence-corrected chi connectivity index (χ2v) is 10.4. The van der Waals surface area contributed by atoms with E-state index in [0.717, 1.165) is 19.3 Å². The molecule has 0 bridgehead atoms. The van der Waals surface area contributed by atoms with Gasteiger partial charge in [-0.15, -0.1) is 9.24 Å². The van der Waals surface area contributed by atoms with Crippen LogP contribution in [0.5, 0.6) is 0 Å². The molecule has 0 amide bonds. The maximum Gasteiger partial charge on any atom is -0.0184 e. The SMILES string of the molecule is PCCNCC[PH+](c1ccccc1)c1ccccc1.[CH-]=O.[Cl][RuH+2].c1ccc(-c2ccccc2)cc1. The van der Waals surface area contributed by atoms with Crippen molar-refractivity contribution in [2.24, 2.45) is 0 Å². The van der Waals surface area contributed by atoms with E-state index in [1.165, 1.54) is 27.9 Å². The first-order valence-corrected chi connectivity index (χ1v) is 16.2. The topological polar surface area (TPSA) is 29.1 Å². The van der Waals surface area contributed by atoms with E-state index in [0.29, 0.717) is 0 Å². The van der Waals surface area contributed by atoms with Gasteiger partial charge in [0.25, 0.3) is 0 Å². The van der Waals surface area contributed by atoms with Crippen molar-refractivity contribution >= 4 is 44.3 Å². The van der Waals surface area contributed by atoms with E-state index >= 15 is 0 Å². The van der Waals surface area contributed by atoms with E-state index in [1.54, 1.807) is 17.3 Å². The smallest absolute Gasteiger partial charge is 0.0184 e. The van der Waals surface area contributed by atoms with Crippen LogP contribution < -0.4 is 15.9 Å². The summed E-state index contributed by atoms with van der Waals surface area (Å²) in [7, 11) is 6.72. The molecule has 35 heavy (non-hydrogen) atoms. The predicted molar refractivity (Wildman–Crippen MR) is 159 cm³/mol. The molecular weight excluding hydrogens is 577 g/mol. The van der Waals surface area contributed by atoms with Gasteiger partial charge in [0, 0.05) is 6.54 Å². The van der Waals surface area contributed by atoms with Crippen molar-refractivity contribution < 1.29 is 22.1 Å². The maximum atomic E-state index is 7.75. The molecular formula is C29H34ClNOP2Ru+2. The van der Waals surface area contributed by atoms with E-state index in [1.807, 2.05) is 12.1 Å². The van der Waals surface area contributed by atoms with E-state index in [-0.39, 0.29) is 0 Å². The number of nitrogens with one attached hydrogen (secondary N) is 1. The Balaban J connectivity index is 0.000000328. The molecule has 4 rings (SSSR count). The summed E-state index contributed by atoms with van der Waals surface area (Å²) in [6, 6.07) is 42.7. The van der Waals surface area contributed by atoms with Gasteiger partial charge in [-0.3, -0.25) is 6.79 Å². The monoisotopic (exact) mass is 611 g/mol. The third-order valence-corrected chi connectivity index (χ3v) is 8.10. The minimum Gasteiger partial charge on any atom is -0.0622 e. The number of hydrogen-bond acceptors (Lipinski definition) is 2. The molecule has 0 radical (unpaired) electrons. The van der Waals surface area contributed by atoms with Crippen molar-refractivity contribution in [3.8, 4) is 11.1 Å². The second-order valence-electron chi connectivity index (χ2n) is 7.23. The van der Waals surface area contributed by atoms with Crippen LogP contribution in [0, 0.1) is 0 Å². The first-order valence-electron chi connectivity index (χ1n) is 11.2. The molecule has 0 aliphatic heterocycles. The van der Waals surface area contributed by atoms with Gasteiger partial charge in [0.2, 0.25) is 0 Å². The zero-order chi connectivity index (χ0) is 25.6. The second kappa shape index (κ2) is 21.6. The van der Waals surface area contributed by atoms with Crippen molar-refractivity contribution in [3.63, 3.8) is 0 Å². The van der Waals surface area contributed by atoms with Crippen LogP contribution in [0.2, 0.25) is 0 Å². The molecule has 4 aromatic rings. The molecule has 0 aliphatic carbocycles. The third kappa shape index (κ3) is 12.7. The summed E-state index contributed by atoms with van der Waals surface area (Å²) in [5, 5.41) is 6.52. The van der Waals surface area contributed by atoms with Crippen molar-refractivity contribution in [3.05, 3.63) is 121 Å². The fraction of sp³-hybridized carbons (Fsp3) is 0.138. The summed E-state index contributed by atoms with van der Waals surface area (Å²) in [6.45, 7) is 5.44. The minimum atomic E-state index is -0.650. The first-order chi connectivity index (χ1) is 17.4. The van der Waals surface area contributed by atoms with Gasteiger partial charge in [-0.2, -0.15) is 0 Å². The summed E-state index contributed by atoms with van der Waals surface area (Å²) in [5.41, 5.74) is 2.55. The molecule has 0 aliphatic rings. The van der Waals surface area contributed by atoms with Crippen molar-refractivity contribution in [1.29, 1.82) is 0 Å². The molecule has 0 heterocycles. The van der Waals surface area contributed by atoms with E-state index in [2.05, 4.69) is 140 Å². The van der Waals surface area contributed by atoms with Gasteiger partial charge in [-0.05, 0) is 48.1 Å².